The summed E-state index contributed by atoms with van der Waals surface area (Å²) in [4.78, 5) is 39.3. The van der Waals surface area contributed by atoms with E-state index in [0.717, 1.165) is 17.7 Å². The van der Waals surface area contributed by atoms with Crippen LogP contribution >= 0.6 is 0 Å². The number of carbonyl (C=O) groups is 3. The molecule has 210 valence electrons. The fourth-order valence-corrected chi connectivity index (χ4v) is 4.38. The summed E-state index contributed by atoms with van der Waals surface area (Å²) in [6.45, 7) is -0.0961. The first-order chi connectivity index (χ1) is 19.7. The van der Waals surface area contributed by atoms with Gasteiger partial charge in [0.1, 0.15) is 0 Å². The van der Waals surface area contributed by atoms with Gasteiger partial charge < -0.3 is 10.6 Å². The summed E-state index contributed by atoms with van der Waals surface area (Å²) in [6.07, 6.45) is -3.61. The summed E-state index contributed by atoms with van der Waals surface area (Å²) in [5.41, 5.74) is 1.70. The molecule has 1 amide bonds. The van der Waals surface area contributed by atoms with E-state index in [0.29, 0.717) is 29.5 Å². The molecule has 0 fully saturated rings. The number of amides is 1. The number of aryl methyl sites for hydroxylation is 1. The molecule has 0 unspecified atom stereocenters. The highest BCUT2D eigenvalue weighted by molar-refractivity contribution is 6.10. The first kappa shape index (κ1) is 29.4. The maximum absolute atomic E-state index is 13.2. The Labute approximate surface area is 236 Å². The molecule has 0 heterocycles. The third-order valence-electron chi connectivity index (χ3n) is 6.56. The molecule has 0 aliphatic rings. The molecule has 5 nitrogen and oxygen atoms in total. The minimum atomic E-state index is -4.46. The second kappa shape index (κ2) is 13.7. The number of carbonyl (C=O) groups excluding carboxylic acids is 3. The number of nitrogens with one attached hydrogen (secondary N) is 2. The maximum Gasteiger partial charge on any atom is 0.416 e. The van der Waals surface area contributed by atoms with Gasteiger partial charge in [-0.15, -0.1) is 0 Å². The largest absolute Gasteiger partial charge is 0.416 e. The number of hydrogen-bond acceptors (Lipinski definition) is 4. The van der Waals surface area contributed by atoms with Crippen LogP contribution in [0.2, 0.25) is 0 Å². The van der Waals surface area contributed by atoms with Gasteiger partial charge in [-0.05, 0) is 42.2 Å². The standard InChI is InChI=1S/C33H29F3N2O3/c34-33(35,36)28-16-7-11-24(19-28)21-37-22-30(39)29(18-17-23-9-3-1-4-10-23)38-32(41)27-15-8-14-26(20-27)31(40)25-12-5-2-6-13-25/h1-16,19-20,29,37H,17-18,21-22H2,(H,38,41)/t29-/m0/s1. The van der Waals surface area contributed by atoms with Crippen LogP contribution in [0.3, 0.4) is 0 Å². The molecule has 4 aromatic rings. The van der Waals surface area contributed by atoms with Crippen molar-refractivity contribution in [2.45, 2.75) is 31.6 Å². The molecule has 0 saturated heterocycles. The predicted octanol–water partition coefficient (Wildman–Crippen LogP) is 6.03. The van der Waals surface area contributed by atoms with Gasteiger partial charge in [0.05, 0.1) is 18.2 Å². The Morgan fingerprint density at radius 1 is 0.683 bits per heavy atom. The summed E-state index contributed by atoms with van der Waals surface area (Å²) in [5, 5.41) is 5.70. The maximum atomic E-state index is 13.2. The van der Waals surface area contributed by atoms with Crippen molar-refractivity contribution in [1.82, 2.24) is 10.6 Å². The van der Waals surface area contributed by atoms with Crippen LogP contribution in [-0.2, 0) is 23.9 Å². The number of alkyl halides is 3. The molecule has 4 aromatic carbocycles. The van der Waals surface area contributed by atoms with Crippen LogP contribution in [0.15, 0.2) is 109 Å². The molecule has 0 aliphatic carbocycles. The molecule has 0 bridgehead atoms. The molecule has 0 aliphatic heterocycles. The third kappa shape index (κ3) is 8.46. The highest BCUT2D eigenvalue weighted by atomic mass is 19.4. The topological polar surface area (TPSA) is 75.3 Å². The Hall–Kier alpha value is -4.56. The van der Waals surface area contributed by atoms with Gasteiger partial charge in [-0.1, -0.05) is 91.0 Å². The van der Waals surface area contributed by atoms with E-state index in [1.165, 1.54) is 12.1 Å². The van der Waals surface area contributed by atoms with Gasteiger partial charge in [0, 0.05) is 23.2 Å². The van der Waals surface area contributed by atoms with Gasteiger partial charge in [-0.3, -0.25) is 14.4 Å². The number of hydrogen-bond donors (Lipinski definition) is 2. The second-order valence-corrected chi connectivity index (χ2v) is 9.59. The molecular formula is C33H29F3N2O3. The number of rotatable bonds is 12. The molecule has 0 aromatic heterocycles. The van der Waals surface area contributed by atoms with Crippen molar-refractivity contribution in [3.8, 4) is 0 Å². The highest BCUT2D eigenvalue weighted by Crippen LogP contribution is 2.29. The van der Waals surface area contributed by atoms with Crippen molar-refractivity contribution in [2.24, 2.45) is 0 Å². The minimum Gasteiger partial charge on any atom is -0.342 e. The summed E-state index contributed by atoms with van der Waals surface area (Å²) in [7, 11) is 0. The normalized spacial score (nSPS) is 12.0. The lowest BCUT2D eigenvalue weighted by Crippen LogP contribution is -2.44. The average molecular weight is 559 g/mol. The monoisotopic (exact) mass is 558 g/mol. The first-order valence-electron chi connectivity index (χ1n) is 13.1. The van der Waals surface area contributed by atoms with E-state index in [9.17, 15) is 27.6 Å². The van der Waals surface area contributed by atoms with Gasteiger partial charge in [0.15, 0.2) is 11.6 Å². The lowest BCUT2D eigenvalue weighted by Gasteiger charge is -2.19. The first-order valence-corrected chi connectivity index (χ1v) is 13.1. The zero-order valence-corrected chi connectivity index (χ0v) is 22.2. The van der Waals surface area contributed by atoms with Gasteiger partial charge in [-0.25, -0.2) is 0 Å². The lowest BCUT2D eigenvalue weighted by molar-refractivity contribution is -0.137. The number of ketones is 2. The Bertz CT molecular complexity index is 1490. The fraction of sp³-hybridized carbons (Fsp3) is 0.182. The molecule has 4 rings (SSSR count). The Kier molecular flexibility index (Phi) is 9.81. The van der Waals surface area contributed by atoms with E-state index in [2.05, 4.69) is 10.6 Å². The van der Waals surface area contributed by atoms with Crippen LogP contribution in [0.1, 0.15) is 49.4 Å². The Balaban J connectivity index is 1.44. The molecule has 0 saturated carbocycles. The van der Waals surface area contributed by atoms with Crippen molar-refractivity contribution in [3.63, 3.8) is 0 Å². The third-order valence-corrected chi connectivity index (χ3v) is 6.56. The van der Waals surface area contributed by atoms with E-state index in [4.69, 9.17) is 0 Å². The number of halogens is 3. The molecule has 41 heavy (non-hydrogen) atoms. The Morgan fingerprint density at radius 3 is 2.00 bits per heavy atom. The smallest absolute Gasteiger partial charge is 0.342 e. The van der Waals surface area contributed by atoms with Crippen LogP contribution in [0, 0.1) is 0 Å². The fourth-order valence-electron chi connectivity index (χ4n) is 4.38. The average Bonchev–Trinajstić information content (AvgIpc) is 2.99. The van der Waals surface area contributed by atoms with Crippen molar-refractivity contribution in [3.05, 3.63) is 143 Å². The van der Waals surface area contributed by atoms with E-state index in [-0.39, 0.29) is 30.2 Å². The van der Waals surface area contributed by atoms with Crippen molar-refractivity contribution in [1.29, 1.82) is 0 Å². The summed E-state index contributed by atoms with van der Waals surface area (Å²) >= 11 is 0. The Morgan fingerprint density at radius 2 is 1.29 bits per heavy atom. The molecule has 1 atom stereocenters. The zero-order valence-electron chi connectivity index (χ0n) is 22.2. The van der Waals surface area contributed by atoms with E-state index < -0.39 is 23.7 Å². The molecular weight excluding hydrogens is 529 g/mol. The molecule has 0 spiro atoms. The number of benzene rings is 4. The highest BCUT2D eigenvalue weighted by Gasteiger charge is 2.30. The van der Waals surface area contributed by atoms with Crippen LogP contribution in [0.5, 0.6) is 0 Å². The summed E-state index contributed by atoms with van der Waals surface area (Å²) in [5.74, 6) is -1.04. The van der Waals surface area contributed by atoms with Crippen molar-refractivity contribution >= 4 is 17.5 Å². The SMILES string of the molecule is O=C(N[C@@H](CCc1ccccc1)C(=O)CNCc1cccc(C(F)(F)F)c1)c1cccc(C(=O)c2ccccc2)c1. The lowest BCUT2D eigenvalue weighted by atomic mass is 9.99. The molecule has 2 N–H and O–H groups in total. The summed E-state index contributed by atoms with van der Waals surface area (Å²) in [6, 6.07) is 28.6. The van der Waals surface area contributed by atoms with Crippen molar-refractivity contribution in [2.75, 3.05) is 6.54 Å². The quantitative estimate of drug-likeness (QED) is 0.208. The zero-order chi connectivity index (χ0) is 29.2. The van der Waals surface area contributed by atoms with Gasteiger partial charge in [0.25, 0.3) is 5.91 Å². The van der Waals surface area contributed by atoms with Crippen molar-refractivity contribution < 1.29 is 27.6 Å². The van der Waals surface area contributed by atoms with E-state index in [1.807, 2.05) is 36.4 Å². The van der Waals surface area contributed by atoms with Gasteiger partial charge in [-0.2, -0.15) is 13.2 Å². The van der Waals surface area contributed by atoms with E-state index in [1.54, 1.807) is 48.5 Å². The van der Waals surface area contributed by atoms with Crippen LogP contribution in [-0.4, -0.2) is 30.1 Å². The van der Waals surface area contributed by atoms with Crippen LogP contribution < -0.4 is 10.6 Å². The predicted molar refractivity (Wildman–Crippen MR) is 150 cm³/mol. The molecule has 8 heteroatoms. The van der Waals surface area contributed by atoms with Gasteiger partial charge >= 0.3 is 6.18 Å². The van der Waals surface area contributed by atoms with Crippen LogP contribution in [0.25, 0.3) is 0 Å². The molecule has 0 radical (unpaired) electrons. The van der Waals surface area contributed by atoms with Gasteiger partial charge in [0.2, 0.25) is 0 Å². The van der Waals surface area contributed by atoms with E-state index >= 15 is 0 Å². The summed E-state index contributed by atoms with van der Waals surface area (Å²) < 4.78 is 39.1. The van der Waals surface area contributed by atoms with Crippen LogP contribution in [0.4, 0.5) is 13.2 Å². The number of Topliss-reactive ketones (excluding diaryl/α,β-unsaturated/α-hetero) is 1. The second-order valence-electron chi connectivity index (χ2n) is 9.59. The minimum absolute atomic E-state index is 0.0542.